The van der Waals surface area contributed by atoms with E-state index >= 15 is 0 Å². The first-order valence-electron chi connectivity index (χ1n) is 7.21. The van der Waals surface area contributed by atoms with Gasteiger partial charge in [0.15, 0.2) is 0 Å². The molecule has 0 heterocycles. The van der Waals surface area contributed by atoms with Crippen molar-refractivity contribution >= 4 is 15.9 Å². The highest BCUT2D eigenvalue weighted by atomic mass is 79.9. The summed E-state index contributed by atoms with van der Waals surface area (Å²) in [5, 5.41) is 0. The van der Waals surface area contributed by atoms with E-state index in [2.05, 4.69) is 22.9 Å². The van der Waals surface area contributed by atoms with E-state index < -0.39 is 0 Å². The summed E-state index contributed by atoms with van der Waals surface area (Å²) in [6.45, 7) is 2.27. The van der Waals surface area contributed by atoms with Gasteiger partial charge in [0, 0.05) is 17.6 Å². The van der Waals surface area contributed by atoms with Crippen LogP contribution in [0.1, 0.15) is 38.2 Å². The molecule has 0 aromatic heterocycles. The Hall–Kier alpha value is -0.450. The fourth-order valence-corrected chi connectivity index (χ4v) is 3.51. The molecule has 2 N–H and O–H groups in total. The number of methoxy groups -OCH3 is 1. The highest BCUT2D eigenvalue weighted by molar-refractivity contribution is 9.10. The molecule has 0 aliphatic heterocycles. The van der Waals surface area contributed by atoms with Crippen molar-refractivity contribution in [2.24, 2.45) is 11.7 Å². The maximum Gasteiger partial charge on any atom is 0.123 e. The summed E-state index contributed by atoms with van der Waals surface area (Å²) < 4.78 is 20.1. The molecule has 1 atom stereocenters. The molecule has 1 aromatic rings. The summed E-state index contributed by atoms with van der Waals surface area (Å²) in [4.78, 5) is 0. The van der Waals surface area contributed by atoms with Crippen LogP contribution in [0.25, 0.3) is 0 Å². The zero-order valence-electron chi connectivity index (χ0n) is 12.2. The van der Waals surface area contributed by atoms with Crippen molar-refractivity contribution in [1.29, 1.82) is 0 Å². The Morgan fingerprint density at radius 2 is 2.10 bits per heavy atom. The molecule has 0 spiro atoms. The maximum atomic E-state index is 13.4. The molecule has 1 aliphatic carbocycles. The number of benzene rings is 1. The van der Waals surface area contributed by atoms with E-state index in [0.29, 0.717) is 6.42 Å². The van der Waals surface area contributed by atoms with Crippen molar-refractivity contribution in [3.63, 3.8) is 0 Å². The van der Waals surface area contributed by atoms with Gasteiger partial charge in [-0.15, -0.1) is 0 Å². The summed E-state index contributed by atoms with van der Waals surface area (Å²) in [5.74, 6) is 0.519. The second-order valence-corrected chi connectivity index (χ2v) is 6.85. The van der Waals surface area contributed by atoms with Gasteiger partial charge in [-0.25, -0.2) is 4.39 Å². The molecule has 1 aromatic carbocycles. The lowest BCUT2D eigenvalue weighted by Crippen LogP contribution is -2.52. The third kappa shape index (κ3) is 3.41. The Morgan fingerprint density at radius 3 is 2.70 bits per heavy atom. The minimum atomic E-state index is -0.266. The molecule has 0 radical (unpaired) electrons. The predicted molar refractivity (Wildman–Crippen MR) is 83.2 cm³/mol. The minimum Gasteiger partial charge on any atom is -0.377 e. The van der Waals surface area contributed by atoms with E-state index in [0.717, 1.165) is 41.6 Å². The summed E-state index contributed by atoms with van der Waals surface area (Å²) in [6.07, 6.45) is 4.88. The number of ether oxygens (including phenoxy) is 1. The third-order valence-corrected chi connectivity index (χ3v) is 5.42. The molecule has 0 amide bonds. The van der Waals surface area contributed by atoms with E-state index in [1.54, 1.807) is 19.2 Å². The van der Waals surface area contributed by atoms with Crippen LogP contribution >= 0.6 is 15.9 Å². The molecule has 4 heteroatoms. The Morgan fingerprint density at radius 1 is 1.45 bits per heavy atom. The number of hydrogen-bond donors (Lipinski definition) is 1. The van der Waals surface area contributed by atoms with Crippen molar-refractivity contribution in [3.8, 4) is 0 Å². The molecule has 0 bridgehead atoms. The Bertz CT molecular complexity index is 458. The number of rotatable bonds is 4. The SMILES string of the molecule is COC1(C(N)Cc2cc(F)ccc2Br)CCC(C)CC1. The zero-order chi connectivity index (χ0) is 14.8. The molecule has 2 nitrogen and oxygen atoms in total. The van der Waals surface area contributed by atoms with Crippen LogP contribution in [0.4, 0.5) is 4.39 Å². The van der Waals surface area contributed by atoms with Crippen LogP contribution < -0.4 is 5.73 Å². The predicted octanol–water partition coefficient (Wildman–Crippen LogP) is 4.05. The highest BCUT2D eigenvalue weighted by Gasteiger charge is 2.39. The van der Waals surface area contributed by atoms with Crippen LogP contribution in [0.3, 0.4) is 0 Å². The van der Waals surface area contributed by atoms with E-state index in [1.807, 2.05) is 0 Å². The fourth-order valence-electron chi connectivity index (χ4n) is 3.10. The third-order valence-electron chi connectivity index (χ3n) is 4.65. The lowest BCUT2D eigenvalue weighted by atomic mass is 9.74. The number of hydrogen-bond acceptors (Lipinski definition) is 2. The van der Waals surface area contributed by atoms with Crippen LogP contribution in [-0.2, 0) is 11.2 Å². The van der Waals surface area contributed by atoms with Crippen LogP contribution in [0.15, 0.2) is 22.7 Å². The van der Waals surface area contributed by atoms with Crippen molar-refractivity contribution < 1.29 is 9.13 Å². The smallest absolute Gasteiger partial charge is 0.123 e. The van der Waals surface area contributed by atoms with E-state index in [-0.39, 0.29) is 17.5 Å². The lowest BCUT2D eigenvalue weighted by Gasteiger charge is -2.42. The van der Waals surface area contributed by atoms with Gasteiger partial charge in [-0.2, -0.15) is 0 Å². The molecule has 1 aliphatic rings. The molecule has 1 unspecified atom stereocenters. The van der Waals surface area contributed by atoms with Crippen LogP contribution in [0.5, 0.6) is 0 Å². The van der Waals surface area contributed by atoms with Gasteiger partial charge >= 0.3 is 0 Å². The second kappa shape index (κ2) is 6.54. The molecule has 1 fully saturated rings. The van der Waals surface area contributed by atoms with Gasteiger partial charge in [-0.3, -0.25) is 0 Å². The second-order valence-electron chi connectivity index (χ2n) is 6.00. The van der Waals surface area contributed by atoms with E-state index in [4.69, 9.17) is 10.5 Å². The van der Waals surface area contributed by atoms with E-state index in [9.17, 15) is 4.39 Å². The number of nitrogens with two attached hydrogens (primary N) is 1. The van der Waals surface area contributed by atoms with Gasteiger partial charge in [-0.05, 0) is 61.8 Å². The number of halogens is 2. The first-order valence-corrected chi connectivity index (χ1v) is 8.01. The normalized spacial score (nSPS) is 28.4. The lowest BCUT2D eigenvalue weighted by molar-refractivity contribution is -0.0659. The van der Waals surface area contributed by atoms with Crippen molar-refractivity contribution in [1.82, 2.24) is 0 Å². The van der Waals surface area contributed by atoms with Gasteiger partial charge in [-0.1, -0.05) is 22.9 Å². The molecule has 1 saturated carbocycles. The van der Waals surface area contributed by atoms with Gasteiger partial charge in [0.25, 0.3) is 0 Å². The fraction of sp³-hybridized carbons (Fsp3) is 0.625. The molecule has 112 valence electrons. The quantitative estimate of drug-likeness (QED) is 0.894. The van der Waals surface area contributed by atoms with Gasteiger partial charge < -0.3 is 10.5 Å². The summed E-state index contributed by atoms with van der Waals surface area (Å²) >= 11 is 3.47. The molecular weight excluding hydrogens is 321 g/mol. The molecule has 0 saturated heterocycles. The molecular formula is C16H23BrFNO. The zero-order valence-corrected chi connectivity index (χ0v) is 13.7. The van der Waals surface area contributed by atoms with Crippen LogP contribution in [0, 0.1) is 11.7 Å². The summed E-state index contributed by atoms with van der Waals surface area (Å²) in [7, 11) is 1.75. The summed E-state index contributed by atoms with van der Waals surface area (Å²) in [5.41, 5.74) is 7.07. The van der Waals surface area contributed by atoms with Gasteiger partial charge in [0.2, 0.25) is 0 Å². The van der Waals surface area contributed by atoms with Gasteiger partial charge in [0.05, 0.1) is 5.60 Å². The first-order chi connectivity index (χ1) is 9.47. The topological polar surface area (TPSA) is 35.2 Å². The van der Waals surface area contributed by atoms with Crippen LogP contribution in [0.2, 0.25) is 0 Å². The Labute approximate surface area is 129 Å². The molecule has 20 heavy (non-hydrogen) atoms. The largest absolute Gasteiger partial charge is 0.377 e. The average molecular weight is 344 g/mol. The Balaban J connectivity index is 2.13. The monoisotopic (exact) mass is 343 g/mol. The maximum absolute atomic E-state index is 13.4. The first kappa shape index (κ1) is 15.9. The minimum absolute atomic E-state index is 0.113. The standard InChI is InChI=1S/C16H23BrFNO/c1-11-5-7-16(20-2,8-6-11)15(19)10-12-9-13(18)3-4-14(12)17/h3-4,9,11,15H,5-8,10,19H2,1-2H3. The van der Waals surface area contributed by atoms with Crippen LogP contribution in [-0.4, -0.2) is 18.8 Å². The summed E-state index contributed by atoms with van der Waals surface area (Å²) in [6, 6.07) is 4.63. The van der Waals surface area contributed by atoms with E-state index in [1.165, 1.54) is 6.07 Å². The van der Waals surface area contributed by atoms with Crippen molar-refractivity contribution in [3.05, 3.63) is 34.1 Å². The van der Waals surface area contributed by atoms with Crippen molar-refractivity contribution in [2.75, 3.05) is 7.11 Å². The highest BCUT2D eigenvalue weighted by Crippen LogP contribution is 2.37. The van der Waals surface area contributed by atoms with Crippen molar-refractivity contribution in [2.45, 2.75) is 50.7 Å². The Kier molecular flexibility index (Phi) is 5.21. The van der Waals surface area contributed by atoms with Gasteiger partial charge in [0.1, 0.15) is 5.82 Å². The average Bonchev–Trinajstić information content (AvgIpc) is 2.44. The molecule has 2 rings (SSSR count).